The summed E-state index contributed by atoms with van der Waals surface area (Å²) in [6, 6.07) is 0. The lowest BCUT2D eigenvalue weighted by atomic mass is 9.35. The predicted molar refractivity (Wildman–Crippen MR) is 276 cm³/mol. The van der Waals surface area contributed by atoms with Crippen LogP contribution in [0.1, 0.15) is 120 Å². The van der Waals surface area contributed by atoms with Crippen molar-refractivity contribution in [2.24, 2.45) is 45.3 Å². The number of aliphatic hydroxyl groups excluding tert-OH is 13. The molecule has 25 heteroatoms. The number of carboxylic acid groups (broad SMARTS) is 1. The van der Waals surface area contributed by atoms with Crippen molar-refractivity contribution in [3.05, 3.63) is 11.6 Å². The molecule has 4 saturated carbocycles. The molecule has 4 aliphatic heterocycles. The Morgan fingerprint density at radius 3 is 1.86 bits per heavy atom. The normalized spacial score (nSPS) is 49.6. The standard InChI is InChI=1S/C56H92O25/c1-24(2)10-9-14-56(8,81-50-46(72)42(68)40(66)30(78-50)23-75-48-44(70)37(63)27(59)21-74-48)25-11-16-55(7)36(25)26(58)18-32-53(5)15-13-33(52(3,4)31(53)12-17-54(32,55)6)79-51-47(43(69)38(64)28(20-57)76-51)80-49-45(71)41(67)39(65)29(77-49)22-73-35(62)19-34(60)61/h10,25-33,36-51,57-59,63-72H,9,11-23H2,1-8H3,(H,60,61)/t25-,26+,27-,28+,29-,30+,31-,32+,33-,36-,37-,38+,39+,40+,41-,42-,43+,44+,45-,46-,47+,48-,49+,50+,51-,53+,54+,55-,56-/m0/s1. The monoisotopic (exact) mass is 1160 g/mol. The molecular weight excluding hydrogens is 1070 g/mol. The molecule has 4 saturated heterocycles. The predicted octanol–water partition coefficient (Wildman–Crippen LogP) is -1.54. The van der Waals surface area contributed by atoms with Gasteiger partial charge in [-0.1, -0.05) is 46.3 Å². The van der Waals surface area contributed by atoms with Crippen LogP contribution >= 0.6 is 0 Å². The topological polar surface area (TPSA) is 400 Å². The van der Waals surface area contributed by atoms with Gasteiger partial charge in [-0.15, -0.1) is 0 Å². The first-order valence-electron chi connectivity index (χ1n) is 28.8. The van der Waals surface area contributed by atoms with Gasteiger partial charge in [0.2, 0.25) is 0 Å². The summed E-state index contributed by atoms with van der Waals surface area (Å²) in [5, 5.41) is 152. The Balaban J connectivity index is 0.997. The van der Waals surface area contributed by atoms with Crippen LogP contribution in [0, 0.1) is 45.3 Å². The number of allylic oxidation sites excluding steroid dienone is 2. The van der Waals surface area contributed by atoms with E-state index in [1.807, 2.05) is 20.8 Å². The van der Waals surface area contributed by atoms with Gasteiger partial charge in [0.25, 0.3) is 0 Å². The van der Waals surface area contributed by atoms with Crippen molar-refractivity contribution >= 4 is 11.9 Å². The van der Waals surface area contributed by atoms with E-state index in [4.69, 9.17) is 47.7 Å². The molecule has 0 bridgehead atoms. The van der Waals surface area contributed by atoms with E-state index in [1.165, 1.54) is 0 Å². The maximum absolute atomic E-state index is 12.9. The zero-order valence-corrected chi connectivity index (χ0v) is 47.7. The fourth-order valence-electron chi connectivity index (χ4n) is 16.3. The van der Waals surface area contributed by atoms with Crippen molar-refractivity contribution < 1.29 is 124 Å². The van der Waals surface area contributed by atoms with Gasteiger partial charge in [0.1, 0.15) is 105 Å². The van der Waals surface area contributed by atoms with E-state index < -0.39 is 184 Å². The van der Waals surface area contributed by atoms with Crippen molar-refractivity contribution in [3.8, 4) is 0 Å². The Kier molecular flexibility index (Phi) is 19.9. The first-order valence-corrected chi connectivity index (χ1v) is 28.8. The van der Waals surface area contributed by atoms with Crippen LogP contribution in [0.25, 0.3) is 0 Å². The van der Waals surface area contributed by atoms with E-state index in [-0.39, 0.29) is 41.1 Å². The number of rotatable bonds is 18. The zero-order chi connectivity index (χ0) is 59.6. The largest absolute Gasteiger partial charge is 0.481 e. The lowest BCUT2D eigenvalue weighted by Gasteiger charge is -2.71. The SMILES string of the molecule is CC(C)=CCC[C@](C)(O[C@H]1O[C@H](CO[C@@H]2OC[C@H](O)[C@H](O)[C@H]2O)[C@@H](O)[C@H](O)[C@@H]1O)[C@H]1CC[C@@]2(C)[C@@H]1[C@H](O)C[C@@H]1[C@]3(C)CC[C@H](O[C@@H]4O[C@H](CO)[C@@H](O)[C@@H](O)[C@H]4O[C@H]4O[C@@H](COC(=O)CC(=O)O)[C@@H](O)[C@H](O)[C@@H]4O)C(C)(C)[C@@H]3CC[C@]12C. The molecule has 29 atom stereocenters. The van der Waals surface area contributed by atoms with Gasteiger partial charge in [0.15, 0.2) is 25.2 Å². The molecule has 8 fully saturated rings. The Morgan fingerprint density at radius 1 is 0.630 bits per heavy atom. The van der Waals surface area contributed by atoms with Gasteiger partial charge in [-0.05, 0) is 124 Å². The van der Waals surface area contributed by atoms with E-state index in [2.05, 4.69) is 40.7 Å². The average molecular weight is 1170 g/mol. The number of hydrogen-bond acceptors (Lipinski definition) is 24. The van der Waals surface area contributed by atoms with Crippen LogP contribution < -0.4 is 0 Å². The maximum atomic E-state index is 12.9. The Morgan fingerprint density at radius 2 is 1.22 bits per heavy atom. The summed E-state index contributed by atoms with van der Waals surface area (Å²) in [6.45, 7) is 14.8. The first kappa shape index (κ1) is 64.8. The molecule has 8 aliphatic rings. The number of aliphatic carboxylic acids is 1. The quantitative estimate of drug-likeness (QED) is 0.0320. The molecular formula is C56H92O25. The number of fused-ring (bicyclic) bond motifs is 5. The number of aliphatic hydroxyl groups is 13. The highest BCUT2D eigenvalue weighted by Crippen LogP contribution is 2.76. The van der Waals surface area contributed by atoms with Crippen LogP contribution in [0.15, 0.2) is 11.6 Å². The molecule has 0 unspecified atom stereocenters. The van der Waals surface area contributed by atoms with E-state index in [0.717, 1.165) is 24.8 Å². The Labute approximate surface area is 472 Å². The van der Waals surface area contributed by atoms with Crippen LogP contribution in [0.2, 0.25) is 0 Å². The number of ether oxygens (including phenoxy) is 9. The van der Waals surface area contributed by atoms with Crippen LogP contribution in [-0.4, -0.2) is 244 Å². The van der Waals surface area contributed by atoms with Gasteiger partial charge in [-0.2, -0.15) is 0 Å². The molecule has 25 nitrogen and oxygen atoms in total. The number of carboxylic acids is 1. The van der Waals surface area contributed by atoms with Gasteiger partial charge in [0.05, 0.1) is 37.6 Å². The number of carbonyl (C=O) groups is 2. The third kappa shape index (κ3) is 12.2. The van der Waals surface area contributed by atoms with E-state index in [1.54, 1.807) is 0 Å². The fraction of sp³-hybridized carbons (Fsp3) is 0.929. The highest BCUT2D eigenvalue weighted by molar-refractivity contribution is 5.90. The number of esters is 1. The van der Waals surface area contributed by atoms with Crippen molar-refractivity contribution in [1.82, 2.24) is 0 Å². The molecule has 0 radical (unpaired) electrons. The van der Waals surface area contributed by atoms with Crippen LogP contribution in [-0.2, 0) is 52.2 Å². The first-order chi connectivity index (χ1) is 37.8. The third-order valence-corrected chi connectivity index (χ3v) is 21.0. The molecule has 4 heterocycles. The summed E-state index contributed by atoms with van der Waals surface area (Å²) in [4.78, 5) is 23.0. The van der Waals surface area contributed by atoms with Gasteiger partial charge >= 0.3 is 11.9 Å². The molecule has 466 valence electrons. The minimum atomic E-state index is -1.95. The van der Waals surface area contributed by atoms with Gasteiger partial charge in [-0.3, -0.25) is 9.59 Å². The lowest BCUT2D eigenvalue weighted by Crippen LogP contribution is -2.68. The van der Waals surface area contributed by atoms with E-state index >= 15 is 0 Å². The second-order valence-electron chi connectivity index (χ2n) is 26.4. The fourth-order valence-corrected chi connectivity index (χ4v) is 16.3. The highest BCUT2D eigenvalue weighted by Gasteiger charge is 2.72. The van der Waals surface area contributed by atoms with Crippen molar-refractivity contribution in [2.75, 3.05) is 26.4 Å². The van der Waals surface area contributed by atoms with Gasteiger partial charge in [0, 0.05) is 0 Å². The Bertz CT molecular complexity index is 2180. The van der Waals surface area contributed by atoms with E-state index in [9.17, 15) is 76.0 Å². The number of carbonyl (C=O) groups excluding carboxylic acids is 1. The summed E-state index contributed by atoms with van der Waals surface area (Å²) >= 11 is 0. The molecule has 0 aromatic carbocycles. The summed E-state index contributed by atoms with van der Waals surface area (Å²) in [6.07, 6.45) is -25.5. The van der Waals surface area contributed by atoms with Crippen LogP contribution in [0.3, 0.4) is 0 Å². The summed E-state index contributed by atoms with van der Waals surface area (Å²) in [7, 11) is 0. The van der Waals surface area contributed by atoms with Crippen LogP contribution in [0.4, 0.5) is 0 Å². The van der Waals surface area contributed by atoms with E-state index in [0.29, 0.717) is 38.5 Å². The summed E-state index contributed by atoms with van der Waals surface area (Å²) in [5.41, 5.74) is -1.72. The molecule has 14 N–H and O–H groups in total. The van der Waals surface area contributed by atoms with Gasteiger partial charge in [-0.25, -0.2) is 0 Å². The molecule has 0 amide bonds. The van der Waals surface area contributed by atoms with Crippen LogP contribution in [0.5, 0.6) is 0 Å². The Hall–Kier alpha value is -2.16. The highest BCUT2D eigenvalue weighted by atomic mass is 16.8. The summed E-state index contributed by atoms with van der Waals surface area (Å²) < 4.78 is 53.9. The smallest absolute Gasteiger partial charge is 0.317 e. The van der Waals surface area contributed by atoms with Gasteiger partial charge < -0.3 is 114 Å². The molecule has 81 heavy (non-hydrogen) atoms. The average Bonchev–Trinajstić information content (AvgIpc) is 2.94. The molecule has 8 rings (SSSR count). The maximum Gasteiger partial charge on any atom is 0.317 e. The van der Waals surface area contributed by atoms with Crippen molar-refractivity contribution in [3.63, 3.8) is 0 Å². The molecule has 0 spiro atoms. The lowest BCUT2D eigenvalue weighted by molar-refractivity contribution is -0.378. The minimum absolute atomic E-state index is 0.00544. The number of hydrogen-bond donors (Lipinski definition) is 14. The van der Waals surface area contributed by atoms with Crippen molar-refractivity contribution in [2.45, 2.75) is 254 Å². The summed E-state index contributed by atoms with van der Waals surface area (Å²) in [5.74, 6) is -3.18. The molecule has 0 aromatic rings. The minimum Gasteiger partial charge on any atom is -0.481 e. The second-order valence-corrected chi connectivity index (χ2v) is 26.4. The zero-order valence-electron chi connectivity index (χ0n) is 47.7. The second kappa shape index (κ2) is 24.9. The molecule has 0 aromatic heterocycles. The molecule has 4 aliphatic carbocycles. The van der Waals surface area contributed by atoms with Crippen molar-refractivity contribution in [1.29, 1.82) is 0 Å². The third-order valence-electron chi connectivity index (χ3n) is 21.0.